The predicted molar refractivity (Wildman–Crippen MR) is 110 cm³/mol. The molecule has 0 radical (unpaired) electrons. The molecule has 3 N–H and O–H groups in total. The molecular formula is C21H34N4O2. The van der Waals surface area contributed by atoms with Crippen LogP contribution in [0.25, 0.3) is 0 Å². The Labute approximate surface area is 163 Å². The highest BCUT2D eigenvalue weighted by Crippen LogP contribution is 2.23. The van der Waals surface area contributed by atoms with E-state index in [9.17, 15) is 4.79 Å². The van der Waals surface area contributed by atoms with Crippen molar-refractivity contribution in [3.63, 3.8) is 0 Å². The Balaban J connectivity index is 1.68. The third-order valence-electron chi connectivity index (χ3n) is 4.87. The molecule has 6 nitrogen and oxygen atoms in total. The fraction of sp³-hybridized carbons (Fsp3) is 0.619. The van der Waals surface area contributed by atoms with Crippen LogP contribution >= 0.6 is 0 Å². The van der Waals surface area contributed by atoms with E-state index in [0.29, 0.717) is 19.6 Å². The topological polar surface area (TPSA) is 74.8 Å². The highest BCUT2D eigenvalue weighted by Gasteiger charge is 2.20. The zero-order chi connectivity index (χ0) is 19.3. The lowest BCUT2D eigenvalue weighted by Crippen LogP contribution is -2.42. The van der Waals surface area contributed by atoms with Gasteiger partial charge in [0, 0.05) is 32.1 Å². The summed E-state index contributed by atoms with van der Waals surface area (Å²) in [6.45, 7) is 4.86. The third-order valence-corrected chi connectivity index (χ3v) is 4.87. The number of carbonyl (C=O) groups is 1. The maximum absolute atomic E-state index is 12.1. The first-order valence-electron chi connectivity index (χ1n) is 10.2. The Morgan fingerprint density at radius 2 is 1.78 bits per heavy atom. The summed E-state index contributed by atoms with van der Waals surface area (Å²) in [5.41, 5.74) is 1.23. The molecule has 1 aromatic carbocycles. The molecule has 2 rings (SSSR count). The summed E-state index contributed by atoms with van der Waals surface area (Å²) < 4.78 is 5.18. The van der Waals surface area contributed by atoms with E-state index in [0.717, 1.165) is 37.5 Å². The largest absolute Gasteiger partial charge is 0.497 e. The second-order valence-electron chi connectivity index (χ2n) is 6.91. The van der Waals surface area contributed by atoms with Crippen LogP contribution in [0.4, 0.5) is 0 Å². The van der Waals surface area contributed by atoms with Crippen LogP contribution in [-0.2, 0) is 11.2 Å². The summed E-state index contributed by atoms with van der Waals surface area (Å²) in [6, 6.07) is 8.07. The zero-order valence-electron chi connectivity index (χ0n) is 16.7. The van der Waals surface area contributed by atoms with E-state index < -0.39 is 0 Å². The van der Waals surface area contributed by atoms with Crippen molar-refractivity contribution >= 4 is 11.9 Å². The van der Waals surface area contributed by atoms with Gasteiger partial charge in [-0.05, 0) is 43.9 Å². The van der Waals surface area contributed by atoms with Crippen LogP contribution in [0.5, 0.6) is 5.75 Å². The molecule has 0 aliphatic heterocycles. The second kappa shape index (κ2) is 12.2. The smallest absolute Gasteiger partial charge is 0.223 e. The number of methoxy groups -OCH3 is 1. The number of ether oxygens (including phenoxy) is 1. The summed E-state index contributed by atoms with van der Waals surface area (Å²) in [6.07, 6.45) is 6.58. The van der Waals surface area contributed by atoms with E-state index in [2.05, 4.69) is 33.1 Å². The molecule has 0 unspecified atom stereocenters. The van der Waals surface area contributed by atoms with E-state index in [-0.39, 0.29) is 11.8 Å². The molecule has 0 spiro atoms. The number of nitrogens with zero attached hydrogens (tertiary/aromatic N) is 1. The molecule has 1 fully saturated rings. The summed E-state index contributed by atoms with van der Waals surface area (Å²) in [5.74, 6) is 2.08. The van der Waals surface area contributed by atoms with E-state index in [1.165, 1.54) is 24.8 Å². The summed E-state index contributed by atoms with van der Waals surface area (Å²) in [7, 11) is 1.67. The first-order valence-corrected chi connectivity index (χ1v) is 10.2. The third kappa shape index (κ3) is 7.89. The van der Waals surface area contributed by atoms with Crippen molar-refractivity contribution in [2.24, 2.45) is 10.9 Å². The van der Waals surface area contributed by atoms with E-state index in [4.69, 9.17) is 4.74 Å². The minimum absolute atomic E-state index is 0.206. The average molecular weight is 375 g/mol. The van der Waals surface area contributed by atoms with Gasteiger partial charge < -0.3 is 20.7 Å². The number of guanidine groups is 1. The van der Waals surface area contributed by atoms with Crippen molar-refractivity contribution in [3.05, 3.63) is 29.8 Å². The number of benzene rings is 1. The number of hydrogen-bond acceptors (Lipinski definition) is 3. The lowest BCUT2D eigenvalue weighted by Gasteiger charge is -2.21. The molecule has 1 aliphatic carbocycles. The van der Waals surface area contributed by atoms with Gasteiger partial charge in [-0.1, -0.05) is 31.4 Å². The van der Waals surface area contributed by atoms with Gasteiger partial charge in [-0.25, -0.2) is 0 Å². The van der Waals surface area contributed by atoms with Crippen LogP contribution in [-0.4, -0.2) is 45.2 Å². The molecule has 1 saturated carbocycles. The maximum Gasteiger partial charge on any atom is 0.223 e. The molecule has 1 aliphatic rings. The fourth-order valence-corrected chi connectivity index (χ4v) is 3.31. The Bertz CT molecular complexity index is 580. The lowest BCUT2D eigenvalue weighted by molar-refractivity contribution is -0.125. The van der Waals surface area contributed by atoms with Gasteiger partial charge in [0.2, 0.25) is 5.91 Å². The van der Waals surface area contributed by atoms with Crippen LogP contribution in [0.2, 0.25) is 0 Å². The summed E-state index contributed by atoms with van der Waals surface area (Å²) >= 11 is 0. The summed E-state index contributed by atoms with van der Waals surface area (Å²) in [5, 5.41) is 9.58. The molecule has 6 heteroatoms. The Morgan fingerprint density at radius 1 is 1.07 bits per heavy atom. The van der Waals surface area contributed by atoms with Crippen LogP contribution in [0, 0.1) is 5.92 Å². The number of aliphatic imine (C=N–C) groups is 1. The molecule has 150 valence electrons. The second-order valence-corrected chi connectivity index (χ2v) is 6.91. The number of carbonyl (C=O) groups excluding carboxylic acids is 1. The molecule has 0 atom stereocenters. The number of amides is 1. The van der Waals surface area contributed by atoms with Crippen LogP contribution in [0.15, 0.2) is 29.3 Å². The van der Waals surface area contributed by atoms with E-state index in [1.807, 2.05) is 19.1 Å². The van der Waals surface area contributed by atoms with Crippen molar-refractivity contribution in [2.75, 3.05) is 33.3 Å². The molecule has 1 aromatic rings. The van der Waals surface area contributed by atoms with Gasteiger partial charge in [0.15, 0.2) is 5.96 Å². The number of hydrogen-bond donors (Lipinski definition) is 3. The van der Waals surface area contributed by atoms with Gasteiger partial charge >= 0.3 is 0 Å². The highest BCUT2D eigenvalue weighted by atomic mass is 16.5. The van der Waals surface area contributed by atoms with Crippen molar-refractivity contribution < 1.29 is 9.53 Å². The molecule has 1 amide bonds. The van der Waals surface area contributed by atoms with Crippen molar-refractivity contribution in [1.29, 1.82) is 0 Å². The quantitative estimate of drug-likeness (QED) is 0.353. The molecule has 0 aromatic heterocycles. The van der Waals surface area contributed by atoms with Crippen molar-refractivity contribution in [3.8, 4) is 5.75 Å². The highest BCUT2D eigenvalue weighted by molar-refractivity contribution is 5.80. The lowest BCUT2D eigenvalue weighted by atomic mass is 9.89. The Hall–Kier alpha value is -2.24. The minimum Gasteiger partial charge on any atom is -0.497 e. The molecule has 0 saturated heterocycles. The normalized spacial score (nSPS) is 15.3. The minimum atomic E-state index is 0.206. The van der Waals surface area contributed by atoms with Crippen LogP contribution in [0.3, 0.4) is 0 Å². The summed E-state index contributed by atoms with van der Waals surface area (Å²) in [4.78, 5) is 16.8. The molecule has 27 heavy (non-hydrogen) atoms. The standard InChI is InChI=1S/C21H34N4O2/c1-3-22-21(24-14-13-17-9-11-19(27-2)12-10-17)25-16-15-23-20(26)18-7-5-4-6-8-18/h9-12,18H,3-8,13-16H2,1-2H3,(H,23,26)(H2,22,24,25). The Morgan fingerprint density at radius 3 is 2.44 bits per heavy atom. The van der Waals surface area contributed by atoms with Gasteiger partial charge in [0.05, 0.1) is 7.11 Å². The van der Waals surface area contributed by atoms with E-state index >= 15 is 0 Å². The molecule has 0 heterocycles. The maximum atomic E-state index is 12.1. The van der Waals surface area contributed by atoms with E-state index in [1.54, 1.807) is 7.11 Å². The van der Waals surface area contributed by atoms with Gasteiger partial charge in [0.1, 0.15) is 5.75 Å². The average Bonchev–Trinajstić information content (AvgIpc) is 2.72. The first kappa shape index (κ1) is 21.1. The monoisotopic (exact) mass is 374 g/mol. The predicted octanol–water partition coefficient (Wildman–Crippen LogP) is 2.49. The van der Waals surface area contributed by atoms with Crippen LogP contribution in [0.1, 0.15) is 44.6 Å². The van der Waals surface area contributed by atoms with Gasteiger partial charge in [-0.2, -0.15) is 0 Å². The molecule has 0 bridgehead atoms. The Kier molecular flexibility index (Phi) is 9.52. The molecular weight excluding hydrogens is 340 g/mol. The van der Waals surface area contributed by atoms with Crippen molar-refractivity contribution in [2.45, 2.75) is 45.4 Å². The van der Waals surface area contributed by atoms with Gasteiger partial charge in [-0.3, -0.25) is 9.79 Å². The fourth-order valence-electron chi connectivity index (χ4n) is 3.31. The SMILES string of the molecule is CCNC(=NCCc1ccc(OC)cc1)NCCNC(=O)C1CCCCC1. The number of nitrogens with one attached hydrogen (secondary N) is 3. The van der Waals surface area contributed by atoms with Gasteiger partial charge in [-0.15, -0.1) is 0 Å². The first-order chi connectivity index (χ1) is 13.2. The van der Waals surface area contributed by atoms with Gasteiger partial charge in [0.25, 0.3) is 0 Å². The zero-order valence-corrected chi connectivity index (χ0v) is 16.7. The van der Waals surface area contributed by atoms with Crippen LogP contribution < -0.4 is 20.7 Å². The number of rotatable bonds is 9. The van der Waals surface area contributed by atoms with Crippen molar-refractivity contribution in [1.82, 2.24) is 16.0 Å².